The van der Waals surface area contributed by atoms with E-state index in [1.165, 1.54) is 11.1 Å². The molecule has 0 radical (unpaired) electrons. The third kappa shape index (κ3) is 6.42. The van der Waals surface area contributed by atoms with Crippen LogP contribution in [-0.4, -0.2) is 11.1 Å². The highest BCUT2D eigenvalue weighted by Crippen LogP contribution is 2.19. The van der Waals surface area contributed by atoms with Crippen molar-refractivity contribution >= 4 is 5.97 Å². The molecule has 0 spiro atoms. The van der Waals surface area contributed by atoms with Gasteiger partial charge in [0.2, 0.25) is 0 Å². The molecule has 0 aliphatic heterocycles. The van der Waals surface area contributed by atoms with E-state index in [0.717, 1.165) is 32.1 Å². The number of carbonyl (C=O) groups is 1. The van der Waals surface area contributed by atoms with Crippen molar-refractivity contribution in [3.63, 3.8) is 0 Å². The van der Waals surface area contributed by atoms with Crippen LogP contribution < -0.4 is 0 Å². The maximum Gasteiger partial charge on any atom is 0.306 e. The van der Waals surface area contributed by atoms with E-state index in [-0.39, 0.29) is 5.92 Å². The lowest BCUT2D eigenvalue weighted by Gasteiger charge is -2.14. The third-order valence-electron chi connectivity index (χ3n) is 3.49. The molecule has 1 atom stereocenters. The smallest absolute Gasteiger partial charge is 0.306 e. The summed E-state index contributed by atoms with van der Waals surface area (Å²) in [7, 11) is 0. The summed E-state index contributed by atoms with van der Waals surface area (Å²) in [6.07, 6.45) is 4.72. The molecule has 0 amide bonds. The standard InChI is InChI=1S/C17H26O2/c1-13(2)12-16(17(18)19)7-5-4-6-15-10-8-14(3)9-11-15/h8-11,13,16H,4-7,12H2,1-3H3,(H,18,19). The molecule has 0 saturated carbocycles. The largest absolute Gasteiger partial charge is 0.481 e. The van der Waals surface area contributed by atoms with Crippen LogP contribution in [0.4, 0.5) is 0 Å². The van der Waals surface area contributed by atoms with Gasteiger partial charge in [0.1, 0.15) is 0 Å². The Balaban J connectivity index is 2.28. The van der Waals surface area contributed by atoms with Gasteiger partial charge in [-0.15, -0.1) is 0 Å². The molecule has 0 aliphatic rings. The Hall–Kier alpha value is -1.31. The molecule has 1 unspecified atom stereocenters. The van der Waals surface area contributed by atoms with Gasteiger partial charge in [0.15, 0.2) is 0 Å². The van der Waals surface area contributed by atoms with Crippen molar-refractivity contribution in [1.82, 2.24) is 0 Å². The summed E-state index contributed by atoms with van der Waals surface area (Å²) >= 11 is 0. The molecule has 19 heavy (non-hydrogen) atoms. The Morgan fingerprint density at radius 2 is 1.79 bits per heavy atom. The van der Waals surface area contributed by atoms with Gasteiger partial charge in [-0.3, -0.25) is 4.79 Å². The molecule has 2 heteroatoms. The zero-order valence-corrected chi connectivity index (χ0v) is 12.4. The minimum atomic E-state index is -0.635. The predicted molar refractivity (Wildman–Crippen MR) is 79.3 cm³/mol. The highest BCUT2D eigenvalue weighted by molar-refractivity contribution is 5.69. The van der Waals surface area contributed by atoms with E-state index in [1.54, 1.807) is 0 Å². The summed E-state index contributed by atoms with van der Waals surface area (Å²) in [6.45, 7) is 6.26. The van der Waals surface area contributed by atoms with Gasteiger partial charge < -0.3 is 5.11 Å². The maximum atomic E-state index is 11.1. The molecule has 0 heterocycles. The summed E-state index contributed by atoms with van der Waals surface area (Å²) < 4.78 is 0. The van der Waals surface area contributed by atoms with Crippen LogP contribution in [0.25, 0.3) is 0 Å². The first-order valence-electron chi connectivity index (χ1n) is 7.27. The minimum absolute atomic E-state index is 0.169. The van der Waals surface area contributed by atoms with Crippen molar-refractivity contribution < 1.29 is 9.90 Å². The lowest BCUT2D eigenvalue weighted by atomic mass is 9.91. The molecule has 0 aromatic heterocycles. The van der Waals surface area contributed by atoms with E-state index in [4.69, 9.17) is 5.11 Å². The molecular formula is C17H26O2. The summed E-state index contributed by atoms with van der Waals surface area (Å²) in [5.41, 5.74) is 2.63. The molecule has 1 aromatic carbocycles. The first-order valence-corrected chi connectivity index (χ1v) is 7.27. The van der Waals surface area contributed by atoms with Crippen LogP contribution in [0.5, 0.6) is 0 Å². The molecule has 0 saturated heterocycles. The fourth-order valence-electron chi connectivity index (χ4n) is 2.39. The topological polar surface area (TPSA) is 37.3 Å². The van der Waals surface area contributed by atoms with Gasteiger partial charge in [-0.25, -0.2) is 0 Å². The Labute approximate surface area is 116 Å². The van der Waals surface area contributed by atoms with Crippen molar-refractivity contribution in [2.24, 2.45) is 11.8 Å². The van der Waals surface area contributed by atoms with E-state index < -0.39 is 5.97 Å². The zero-order chi connectivity index (χ0) is 14.3. The van der Waals surface area contributed by atoms with Crippen LogP contribution in [0, 0.1) is 18.8 Å². The summed E-state index contributed by atoms with van der Waals surface area (Å²) in [4.78, 5) is 11.1. The monoisotopic (exact) mass is 262 g/mol. The van der Waals surface area contributed by atoms with Crippen molar-refractivity contribution in [2.75, 3.05) is 0 Å². The highest BCUT2D eigenvalue weighted by atomic mass is 16.4. The van der Waals surface area contributed by atoms with Gasteiger partial charge in [0, 0.05) is 0 Å². The summed E-state index contributed by atoms with van der Waals surface area (Å²) in [5.74, 6) is -0.347. The normalized spacial score (nSPS) is 12.6. The Morgan fingerprint density at radius 1 is 1.16 bits per heavy atom. The molecule has 1 rings (SSSR count). The Morgan fingerprint density at radius 3 is 2.32 bits per heavy atom. The number of unbranched alkanes of at least 4 members (excludes halogenated alkanes) is 1. The van der Waals surface area contributed by atoms with Crippen LogP contribution >= 0.6 is 0 Å². The predicted octanol–water partition coefficient (Wildman–Crippen LogP) is 4.45. The second kappa shape index (κ2) is 7.98. The first kappa shape index (κ1) is 15.7. The number of hydrogen-bond donors (Lipinski definition) is 1. The van der Waals surface area contributed by atoms with Crippen molar-refractivity contribution in [3.05, 3.63) is 35.4 Å². The van der Waals surface area contributed by atoms with Crippen molar-refractivity contribution in [1.29, 1.82) is 0 Å². The van der Waals surface area contributed by atoms with Crippen LogP contribution in [0.2, 0.25) is 0 Å². The SMILES string of the molecule is Cc1ccc(CCCCC(CC(C)C)C(=O)O)cc1. The number of hydrogen-bond acceptors (Lipinski definition) is 1. The van der Waals surface area contributed by atoms with Crippen molar-refractivity contribution in [2.45, 2.75) is 52.9 Å². The molecule has 1 aromatic rings. The average molecular weight is 262 g/mol. The quantitative estimate of drug-likeness (QED) is 0.702. The van der Waals surface area contributed by atoms with E-state index in [9.17, 15) is 4.79 Å². The molecule has 2 nitrogen and oxygen atoms in total. The Bertz CT molecular complexity index is 379. The van der Waals surface area contributed by atoms with Crippen LogP contribution in [0.15, 0.2) is 24.3 Å². The number of carboxylic acid groups (broad SMARTS) is 1. The van der Waals surface area contributed by atoms with E-state index in [1.807, 2.05) is 0 Å². The molecule has 106 valence electrons. The van der Waals surface area contributed by atoms with Crippen LogP contribution in [-0.2, 0) is 11.2 Å². The first-order chi connectivity index (χ1) is 8.99. The lowest BCUT2D eigenvalue weighted by Crippen LogP contribution is -2.16. The Kier molecular flexibility index (Phi) is 6.61. The summed E-state index contributed by atoms with van der Waals surface area (Å²) in [5, 5.41) is 9.17. The third-order valence-corrected chi connectivity index (χ3v) is 3.49. The van der Waals surface area contributed by atoms with Crippen molar-refractivity contribution in [3.8, 4) is 0 Å². The molecule has 0 bridgehead atoms. The van der Waals surface area contributed by atoms with Gasteiger partial charge in [0.05, 0.1) is 5.92 Å². The number of carboxylic acids is 1. The van der Waals surface area contributed by atoms with Gasteiger partial charge in [-0.05, 0) is 44.1 Å². The van der Waals surface area contributed by atoms with Gasteiger partial charge in [-0.1, -0.05) is 50.1 Å². The minimum Gasteiger partial charge on any atom is -0.481 e. The zero-order valence-electron chi connectivity index (χ0n) is 12.4. The number of aliphatic carboxylic acids is 1. The fourth-order valence-corrected chi connectivity index (χ4v) is 2.39. The van der Waals surface area contributed by atoms with Gasteiger partial charge in [0.25, 0.3) is 0 Å². The number of benzene rings is 1. The molecular weight excluding hydrogens is 236 g/mol. The second-order valence-corrected chi connectivity index (χ2v) is 5.90. The van der Waals surface area contributed by atoms with Crippen LogP contribution in [0.3, 0.4) is 0 Å². The molecule has 0 aliphatic carbocycles. The fraction of sp³-hybridized carbons (Fsp3) is 0.588. The number of rotatable bonds is 8. The van der Waals surface area contributed by atoms with Gasteiger partial charge >= 0.3 is 5.97 Å². The van der Waals surface area contributed by atoms with Gasteiger partial charge in [-0.2, -0.15) is 0 Å². The number of aryl methyl sites for hydroxylation is 2. The molecule has 1 N–H and O–H groups in total. The highest BCUT2D eigenvalue weighted by Gasteiger charge is 2.17. The lowest BCUT2D eigenvalue weighted by molar-refractivity contribution is -0.142. The molecule has 0 fully saturated rings. The second-order valence-electron chi connectivity index (χ2n) is 5.90. The average Bonchev–Trinajstić information content (AvgIpc) is 2.34. The summed E-state index contributed by atoms with van der Waals surface area (Å²) in [6, 6.07) is 8.60. The van der Waals surface area contributed by atoms with E-state index in [2.05, 4.69) is 45.0 Å². The van der Waals surface area contributed by atoms with E-state index >= 15 is 0 Å². The maximum absolute atomic E-state index is 11.1. The van der Waals surface area contributed by atoms with E-state index in [0.29, 0.717) is 5.92 Å². The van der Waals surface area contributed by atoms with Crippen LogP contribution in [0.1, 0.15) is 50.7 Å².